The molecule has 0 spiro atoms. The Bertz CT molecular complexity index is 4560. The van der Waals surface area contributed by atoms with E-state index in [1.807, 2.05) is 0 Å². The third kappa shape index (κ3) is 7.70. The third-order valence-corrected chi connectivity index (χ3v) is 16.7. The van der Waals surface area contributed by atoms with Crippen LogP contribution in [0.3, 0.4) is 0 Å². The fraction of sp³-hybridized carbons (Fsp3) is 0.0127. The fourth-order valence-corrected chi connectivity index (χ4v) is 13.2. The van der Waals surface area contributed by atoms with Crippen molar-refractivity contribution in [2.45, 2.75) is 5.41 Å². The molecule has 1 nitrogen and oxygen atoms in total. The summed E-state index contributed by atoms with van der Waals surface area (Å²) >= 11 is 0. The first-order valence-corrected chi connectivity index (χ1v) is 27.7. The molecule has 0 bridgehead atoms. The van der Waals surface area contributed by atoms with Gasteiger partial charge in [0.2, 0.25) is 0 Å². The number of benzene rings is 14. The zero-order valence-corrected chi connectivity index (χ0v) is 44.0. The van der Waals surface area contributed by atoms with Crippen molar-refractivity contribution in [3.05, 3.63) is 344 Å². The Morgan fingerprint density at radius 2 is 0.688 bits per heavy atom. The van der Waals surface area contributed by atoms with Crippen molar-refractivity contribution in [2.75, 3.05) is 4.90 Å². The van der Waals surface area contributed by atoms with Crippen molar-refractivity contribution in [3.8, 4) is 66.8 Å². The number of nitrogens with zero attached hydrogens (tertiary/aromatic N) is 1. The van der Waals surface area contributed by atoms with E-state index in [2.05, 4.69) is 326 Å². The Morgan fingerprint density at radius 1 is 0.225 bits per heavy atom. The molecule has 80 heavy (non-hydrogen) atoms. The minimum absolute atomic E-state index is 0.551. The van der Waals surface area contributed by atoms with Gasteiger partial charge in [-0.25, -0.2) is 0 Å². The molecule has 0 fully saturated rings. The van der Waals surface area contributed by atoms with Crippen LogP contribution in [0.4, 0.5) is 17.1 Å². The van der Waals surface area contributed by atoms with E-state index in [1.165, 1.54) is 105 Å². The van der Waals surface area contributed by atoms with Crippen LogP contribution >= 0.6 is 0 Å². The van der Waals surface area contributed by atoms with Gasteiger partial charge in [0.15, 0.2) is 0 Å². The molecule has 0 saturated heterocycles. The Morgan fingerprint density at radius 3 is 1.39 bits per heavy atom. The van der Waals surface area contributed by atoms with Crippen LogP contribution < -0.4 is 4.90 Å². The predicted octanol–water partition coefficient (Wildman–Crippen LogP) is 21.3. The summed E-state index contributed by atoms with van der Waals surface area (Å²) in [6.07, 6.45) is 0. The molecule has 1 heteroatoms. The number of anilines is 3. The van der Waals surface area contributed by atoms with Crippen LogP contribution in [-0.4, -0.2) is 0 Å². The van der Waals surface area contributed by atoms with Crippen molar-refractivity contribution in [1.82, 2.24) is 0 Å². The molecule has 0 atom stereocenters. The third-order valence-electron chi connectivity index (χ3n) is 16.7. The van der Waals surface area contributed by atoms with Gasteiger partial charge in [0, 0.05) is 16.9 Å². The molecule has 0 aromatic heterocycles. The van der Waals surface area contributed by atoms with Crippen molar-refractivity contribution in [1.29, 1.82) is 0 Å². The molecular formula is C79H53N. The maximum absolute atomic E-state index is 2.50. The lowest BCUT2D eigenvalue weighted by Crippen LogP contribution is -2.28. The van der Waals surface area contributed by atoms with E-state index >= 15 is 0 Å². The average Bonchev–Trinajstić information content (AvgIpc) is 4.08. The van der Waals surface area contributed by atoms with Gasteiger partial charge in [-0.05, 0) is 152 Å². The van der Waals surface area contributed by atoms with Crippen molar-refractivity contribution >= 4 is 49.4 Å². The number of hydrogen-bond donors (Lipinski definition) is 0. The summed E-state index contributed by atoms with van der Waals surface area (Å²) in [4.78, 5) is 2.50. The fourth-order valence-electron chi connectivity index (χ4n) is 13.2. The minimum atomic E-state index is -0.551. The summed E-state index contributed by atoms with van der Waals surface area (Å²) in [7, 11) is 0. The molecular weight excluding hydrogens is 963 g/mol. The maximum Gasteiger partial charge on any atom is 0.0714 e. The molecule has 14 aromatic carbocycles. The highest BCUT2D eigenvalue weighted by molar-refractivity contribution is 6.22. The second-order valence-corrected chi connectivity index (χ2v) is 21.1. The summed E-state index contributed by atoms with van der Waals surface area (Å²) in [5, 5.41) is 7.47. The summed E-state index contributed by atoms with van der Waals surface area (Å²) < 4.78 is 0. The number of rotatable bonds is 10. The zero-order chi connectivity index (χ0) is 53.0. The maximum atomic E-state index is 2.50. The second kappa shape index (κ2) is 19.6. The molecule has 1 aliphatic carbocycles. The quantitative estimate of drug-likeness (QED) is 0.123. The highest BCUT2D eigenvalue weighted by atomic mass is 15.1. The van der Waals surface area contributed by atoms with E-state index in [4.69, 9.17) is 0 Å². The molecule has 15 rings (SSSR count). The lowest BCUT2D eigenvalue weighted by Gasteiger charge is -2.34. The largest absolute Gasteiger partial charge is 0.310 e. The first kappa shape index (κ1) is 46.9. The number of hydrogen-bond acceptors (Lipinski definition) is 1. The second-order valence-electron chi connectivity index (χ2n) is 21.1. The van der Waals surface area contributed by atoms with Gasteiger partial charge >= 0.3 is 0 Å². The van der Waals surface area contributed by atoms with Crippen LogP contribution in [0.5, 0.6) is 0 Å². The van der Waals surface area contributed by atoms with Crippen LogP contribution in [0, 0.1) is 0 Å². The van der Waals surface area contributed by atoms with E-state index < -0.39 is 5.41 Å². The predicted molar refractivity (Wildman–Crippen MR) is 338 cm³/mol. The molecule has 14 aromatic rings. The SMILES string of the molecule is c1ccc(-c2c(-c3ccccc3)c3cc(-c4cccc(N(c5ccc(-c6ccc(-c7cccc8ccccc78)cc6)cc5)c5cccc6c5-c5ccccc5C6(c5ccccc5)c5ccccc5)c4)ccc3c3ccccc23)cc1. The molecule has 0 radical (unpaired) electrons. The van der Waals surface area contributed by atoms with E-state index in [1.54, 1.807) is 0 Å². The van der Waals surface area contributed by atoms with Gasteiger partial charge in [0.25, 0.3) is 0 Å². The van der Waals surface area contributed by atoms with Crippen molar-refractivity contribution < 1.29 is 0 Å². The summed E-state index contributed by atoms with van der Waals surface area (Å²) in [6, 6.07) is 119. The summed E-state index contributed by atoms with van der Waals surface area (Å²) in [5.41, 5.74) is 22.2. The van der Waals surface area contributed by atoms with Crippen molar-refractivity contribution in [2.24, 2.45) is 0 Å². The lowest BCUT2D eigenvalue weighted by molar-refractivity contribution is 0.768. The van der Waals surface area contributed by atoms with Crippen LogP contribution in [0.2, 0.25) is 0 Å². The van der Waals surface area contributed by atoms with Crippen molar-refractivity contribution in [3.63, 3.8) is 0 Å². The van der Waals surface area contributed by atoms with Gasteiger partial charge in [-0.3, -0.25) is 0 Å². The van der Waals surface area contributed by atoms with E-state index in [0.717, 1.165) is 33.8 Å². The molecule has 0 unspecified atom stereocenters. The van der Waals surface area contributed by atoms with Crippen LogP contribution in [0.15, 0.2) is 322 Å². The van der Waals surface area contributed by atoms with Gasteiger partial charge < -0.3 is 4.90 Å². The van der Waals surface area contributed by atoms with Gasteiger partial charge in [0.05, 0.1) is 11.1 Å². The summed E-state index contributed by atoms with van der Waals surface area (Å²) in [5.74, 6) is 0. The van der Waals surface area contributed by atoms with Crippen LogP contribution in [-0.2, 0) is 5.41 Å². The Kier molecular flexibility index (Phi) is 11.5. The molecule has 0 heterocycles. The van der Waals surface area contributed by atoms with Gasteiger partial charge in [0.1, 0.15) is 0 Å². The summed E-state index contributed by atoms with van der Waals surface area (Å²) in [6.45, 7) is 0. The van der Waals surface area contributed by atoms with E-state index in [9.17, 15) is 0 Å². The molecule has 0 amide bonds. The molecule has 1 aliphatic rings. The topological polar surface area (TPSA) is 3.24 Å². The molecule has 374 valence electrons. The zero-order valence-electron chi connectivity index (χ0n) is 44.0. The molecule has 0 saturated carbocycles. The lowest BCUT2D eigenvalue weighted by atomic mass is 9.68. The van der Waals surface area contributed by atoms with Crippen LogP contribution in [0.25, 0.3) is 99.1 Å². The standard InChI is InChI=1S/C79H53N/c1-5-23-58(24-6-1)76-70-36-16-15-35-68(70)69-51-48-61(53-72(69)77(76)59-25-7-2-8-26-59)60-28-19-33-65(52-60)80(64-49-46-55(47-50-64)54-42-44-57(45-43-54)67-38-20-27-56-22-13-14-34-66(56)67)75-41-21-40-74-78(75)71-37-17-18-39-73(71)79(74,62-29-9-3-10-30-62)63-31-11-4-12-32-63/h1-53H. The Hall–Kier alpha value is -10.3. The van der Waals surface area contributed by atoms with E-state index in [-0.39, 0.29) is 0 Å². The minimum Gasteiger partial charge on any atom is -0.310 e. The molecule has 0 aliphatic heterocycles. The number of fused-ring (bicyclic) bond motifs is 7. The van der Waals surface area contributed by atoms with Gasteiger partial charge in [-0.15, -0.1) is 0 Å². The van der Waals surface area contributed by atoms with Gasteiger partial charge in [-0.2, -0.15) is 0 Å². The first-order chi connectivity index (χ1) is 39.7. The monoisotopic (exact) mass is 1020 g/mol. The Balaban J connectivity index is 0.922. The first-order valence-electron chi connectivity index (χ1n) is 27.7. The highest BCUT2D eigenvalue weighted by Crippen LogP contribution is 2.60. The average molecular weight is 1020 g/mol. The van der Waals surface area contributed by atoms with Crippen LogP contribution in [0.1, 0.15) is 22.3 Å². The molecule has 0 N–H and O–H groups in total. The highest BCUT2D eigenvalue weighted by Gasteiger charge is 2.47. The smallest absolute Gasteiger partial charge is 0.0714 e. The van der Waals surface area contributed by atoms with Gasteiger partial charge in [-0.1, -0.05) is 285 Å². The normalized spacial score (nSPS) is 12.3. The van der Waals surface area contributed by atoms with E-state index in [0.29, 0.717) is 0 Å². The Labute approximate surface area is 467 Å².